The van der Waals surface area contributed by atoms with Gasteiger partial charge in [-0.3, -0.25) is 4.79 Å². The Morgan fingerprint density at radius 2 is 2.07 bits per heavy atom. The summed E-state index contributed by atoms with van der Waals surface area (Å²) in [5.74, 6) is -0.108. The number of alkyl halides is 1. The second-order valence-corrected chi connectivity index (χ2v) is 5.03. The first-order valence-electron chi connectivity index (χ1n) is 5.65. The predicted molar refractivity (Wildman–Crippen MR) is 61.9 cm³/mol. The number of rotatable bonds is 4. The van der Waals surface area contributed by atoms with E-state index >= 15 is 0 Å². The zero-order valence-electron chi connectivity index (χ0n) is 9.12. The van der Waals surface area contributed by atoms with Crippen molar-refractivity contribution in [2.75, 3.05) is 6.61 Å². The molecule has 1 N–H and O–H groups in total. The number of carbonyl (C=O) groups excluding carboxylic acids is 1. The molecule has 0 amide bonds. The van der Waals surface area contributed by atoms with Gasteiger partial charge in [0.25, 0.3) is 0 Å². The highest BCUT2D eigenvalue weighted by atomic mass is 79.9. The number of esters is 1. The molecule has 0 aromatic heterocycles. The maximum atomic E-state index is 11.4. The van der Waals surface area contributed by atoms with Crippen LogP contribution in [0.3, 0.4) is 0 Å². The van der Waals surface area contributed by atoms with Gasteiger partial charge in [0.05, 0.1) is 12.7 Å². The standard InChI is InChI=1S/C11H19BrO3/c1-2-15-11(14)9(12)10(13)8-6-4-3-5-7-8/h8-10,13H,2-7H2,1H3. The molecule has 0 aliphatic heterocycles. The number of halogens is 1. The molecule has 15 heavy (non-hydrogen) atoms. The summed E-state index contributed by atoms with van der Waals surface area (Å²) in [6.07, 6.45) is 4.99. The Balaban J connectivity index is 2.43. The Morgan fingerprint density at radius 3 is 2.60 bits per heavy atom. The van der Waals surface area contributed by atoms with Gasteiger partial charge in [-0.1, -0.05) is 35.2 Å². The van der Waals surface area contributed by atoms with Crippen molar-refractivity contribution in [2.45, 2.75) is 50.0 Å². The van der Waals surface area contributed by atoms with E-state index < -0.39 is 10.9 Å². The number of hydrogen-bond donors (Lipinski definition) is 1. The lowest BCUT2D eigenvalue weighted by Gasteiger charge is -2.28. The normalized spacial score (nSPS) is 22.1. The molecule has 0 heterocycles. The van der Waals surface area contributed by atoms with Crippen LogP contribution >= 0.6 is 15.9 Å². The lowest BCUT2D eigenvalue weighted by molar-refractivity contribution is -0.145. The van der Waals surface area contributed by atoms with Gasteiger partial charge in [0, 0.05) is 0 Å². The summed E-state index contributed by atoms with van der Waals surface area (Å²) in [6.45, 7) is 2.13. The smallest absolute Gasteiger partial charge is 0.322 e. The highest BCUT2D eigenvalue weighted by molar-refractivity contribution is 9.10. The van der Waals surface area contributed by atoms with Crippen LogP contribution in [0.1, 0.15) is 39.0 Å². The molecular formula is C11H19BrO3. The summed E-state index contributed by atoms with van der Waals surface area (Å²) < 4.78 is 4.87. The molecular weight excluding hydrogens is 260 g/mol. The van der Waals surface area contributed by atoms with Crippen LogP contribution in [0, 0.1) is 5.92 Å². The lowest BCUT2D eigenvalue weighted by Crippen LogP contribution is -2.37. The van der Waals surface area contributed by atoms with Gasteiger partial charge in [-0.15, -0.1) is 0 Å². The average Bonchev–Trinajstić information content (AvgIpc) is 2.28. The van der Waals surface area contributed by atoms with Crippen LogP contribution in [0.15, 0.2) is 0 Å². The van der Waals surface area contributed by atoms with E-state index in [4.69, 9.17) is 4.74 Å². The van der Waals surface area contributed by atoms with E-state index in [1.54, 1.807) is 6.92 Å². The van der Waals surface area contributed by atoms with Crippen molar-refractivity contribution in [3.8, 4) is 0 Å². The van der Waals surface area contributed by atoms with Gasteiger partial charge in [-0.2, -0.15) is 0 Å². The van der Waals surface area contributed by atoms with Crippen LogP contribution in [0.4, 0.5) is 0 Å². The van der Waals surface area contributed by atoms with E-state index in [0.717, 1.165) is 25.7 Å². The molecule has 0 saturated heterocycles. The molecule has 4 heteroatoms. The quantitative estimate of drug-likeness (QED) is 0.634. The fourth-order valence-electron chi connectivity index (χ4n) is 2.08. The summed E-state index contributed by atoms with van der Waals surface area (Å²) in [5, 5.41) is 9.99. The number of aliphatic hydroxyl groups is 1. The first kappa shape index (κ1) is 13.0. The third-order valence-corrected chi connectivity index (χ3v) is 3.86. The second-order valence-electron chi connectivity index (χ2n) is 4.04. The highest BCUT2D eigenvalue weighted by Crippen LogP contribution is 2.29. The zero-order valence-corrected chi connectivity index (χ0v) is 10.7. The van der Waals surface area contributed by atoms with E-state index in [2.05, 4.69) is 15.9 Å². The molecule has 1 aliphatic carbocycles. The van der Waals surface area contributed by atoms with Crippen molar-refractivity contribution in [2.24, 2.45) is 5.92 Å². The van der Waals surface area contributed by atoms with Gasteiger partial charge >= 0.3 is 5.97 Å². The monoisotopic (exact) mass is 278 g/mol. The minimum Gasteiger partial charge on any atom is -0.465 e. The summed E-state index contributed by atoms with van der Waals surface area (Å²) in [7, 11) is 0. The van der Waals surface area contributed by atoms with Gasteiger partial charge in [0.15, 0.2) is 0 Å². The molecule has 0 radical (unpaired) electrons. The van der Waals surface area contributed by atoms with Gasteiger partial charge in [0.2, 0.25) is 0 Å². The van der Waals surface area contributed by atoms with Crippen molar-refractivity contribution in [1.29, 1.82) is 0 Å². The van der Waals surface area contributed by atoms with Gasteiger partial charge in [-0.05, 0) is 25.7 Å². The third-order valence-electron chi connectivity index (χ3n) is 2.94. The summed E-state index contributed by atoms with van der Waals surface area (Å²) >= 11 is 3.22. The van der Waals surface area contributed by atoms with E-state index in [9.17, 15) is 9.90 Å². The number of aliphatic hydroxyl groups excluding tert-OH is 1. The molecule has 0 spiro atoms. The molecule has 0 aromatic carbocycles. The molecule has 0 aromatic rings. The van der Waals surface area contributed by atoms with E-state index in [1.165, 1.54) is 6.42 Å². The number of ether oxygens (including phenoxy) is 1. The maximum Gasteiger partial charge on any atom is 0.322 e. The van der Waals surface area contributed by atoms with E-state index in [0.29, 0.717) is 6.61 Å². The fraction of sp³-hybridized carbons (Fsp3) is 0.909. The molecule has 1 aliphatic rings. The van der Waals surface area contributed by atoms with Crippen molar-refractivity contribution < 1.29 is 14.6 Å². The fourth-order valence-corrected chi connectivity index (χ4v) is 2.64. The van der Waals surface area contributed by atoms with E-state index in [1.807, 2.05) is 0 Å². The summed E-state index contributed by atoms with van der Waals surface area (Å²) in [4.78, 5) is 10.8. The topological polar surface area (TPSA) is 46.5 Å². The minimum absolute atomic E-state index is 0.243. The molecule has 1 fully saturated rings. The first-order valence-corrected chi connectivity index (χ1v) is 6.57. The van der Waals surface area contributed by atoms with Crippen LogP contribution in [0.5, 0.6) is 0 Å². The van der Waals surface area contributed by atoms with Crippen LogP contribution < -0.4 is 0 Å². The first-order chi connectivity index (χ1) is 7.16. The largest absolute Gasteiger partial charge is 0.465 e. The molecule has 2 atom stereocenters. The van der Waals surface area contributed by atoms with E-state index in [-0.39, 0.29) is 11.9 Å². The maximum absolute atomic E-state index is 11.4. The Morgan fingerprint density at radius 1 is 1.47 bits per heavy atom. The van der Waals surface area contributed by atoms with Crippen molar-refractivity contribution in [3.05, 3.63) is 0 Å². The van der Waals surface area contributed by atoms with Crippen molar-refractivity contribution >= 4 is 21.9 Å². The van der Waals surface area contributed by atoms with Crippen LogP contribution in [0.25, 0.3) is 0 Å². The lowest BCUT2D eigenvalue weighted by atomic mass is 9.84. The Hall–Kier alpha value is -0.0900. The Kier molecular flexibility index (Phi) is 5.61. The van der Waals surface area contributed by atoms with Crippen LogP contribution in [0.2, 0.25) is 0 Å². The number of carbonyl (C=O) groups is 1. The van der Waals surface area contributed by atoms with Crippen molar-refractivity contribution in [1.82, 2.24) is 0 Å². The average molecular weight is 279 g/mol. The highest BCUT2D eigenvalue weighted by Gasteiger charge is 2.32. The molecule has 0 bridgehead atoms. The molecule has 88 valence electrons. The minimum atomic E-state index is -0.607. The Bertz CT molecular complexity index is 202. The number of hydrogen-bond acceptors (Lipinski definition) is 3. The predicted octanol–water partition coefficient (Wildman–Crippen LogP) is 2.25. The third kappa shape index (κ3) is 3.76. The van der Waals surface area contributed by atoms with Gasteiger partial charge in [0.1, 0.15) is 4.83 Å². The van der Waals surface area contributed by atoms with Gasteiger partial charge in [-0.25, -0.2) is 0 Å². The zero-order chi connectivity index (χ0) is 11.3. The summed E-state index contributed by atoms with van der Waals surface area (Å²) in [6, 6.07) is 0. The van der Waals surface area contributed by atoms with Crippen molar-refractivity contribution in [3.63, 3.8) is 0 Å². The summed E-state index contributed by atoms with van der Waals surface area (Å²) in [5.41, 5.74) is 0. The van der Waals surface area contributed by atoms with Crippen LogP contribution in [-0.4, -0.2) is 28.6 Å². The molecule has 3 nitrogen and oxygen atoms in total. The SMILES string of the molecule is CCOC(=O)C(Br)C(O)C1CCCCC1. The second kappa shape index (κ2) is 6.48. The molecule has 1 rings (SSSR count). The van der Waals surface area contributed by atoms with Gasteiger partial charge < -0.3 is 9.84 Å². The van der Waals surface area contributed by atoms with Crippen LogP contribution in [-0.2, 0) is 9.53 Å². The Labute approximate surface area is 99.3 Å². The molecule has 1 saturated carbocycles. The molecule has 2 unspecified atom stereocenters.